The van der Waals surface area contributed by atoms with Gasteiger partial charge in [-0.1, -0.05) is 6.92 Å². The molecule has 116 valence electrons. The summed E-state index contributed by atoms with van der Waals surface area (Å²) in [5.74, 6) is 0.779. The van der Waals surface area contributed by atoms with Crippen molar-refractivity contribution in [3.63, 3.8) is 0 Å². The van der Waals surface area contributed by atoms with Crippen LogP contribution >= 0.6 is 0 Å². The fourth-order valence-electron chi connectivity index (χ4n) is 1.88. The third-order valence-electron chi connectivity index (χ3n) is 3.11. The van der Waals surface area contributed by atoms with E-state index in [2.05, 4.69) is 5.32 Å². The summed E-state index contributed by atoms with van der Waals surface area (Å²) in [4.78, 5) is 23.7. The van der Waals surface area contributed by atoms with Crippen LogP contribution in [0.2, 0.25) is 0 Å². The molecule has 0 radical (unpaired) electrons. The van der Waals surface area contributed by atoms with Crippen LogP contribution in [0.4, 0.5) is 0 Å². The van der Waals surface area contributed by atoms with Crippen LogP contribution in [0.15, 0.2) is 12.1 Å². The molecule has 1 unspecified atom stereocenters. The molecule has 21 heavy (non-hydrogen) atoms. The highest BCUT2D eigenvalue weighted by molar-refractivity contribution is 5.98. The van der Waals surface area contributed by atoms with Crippen LogP contribution in [0.25, 0.3) is 0 Å². The van der Waals surface area contributed by atoms with Crippen molar-refractivity contribution in [1.29, 1.82) is 0 Å². The lowest BCUT2D eigenvalue weighted by atomic mass is 10.1. The minimum atomic E-state index is -0.540. The number of carbonyl (C=O) groups excluding carboxylic acids is 2. The molecule has 0 fully saturated rings. The Balaban J connectivity index is 3.07. The van der Waals surface area contributed by atoms with Gasteiger partial charge in [0.15, 0.2) is 17.3 Å². The highest BCUT2D eigenvalue weighted by Crippen LogP contribution is 2.38. The van der Waals surface area contributed by atoms with E-state index in [1.54, 1.807) is 26.0 Å². The van der Waals surface area contributed by atoms with Crippen molar-refractivity contribution >= 4 is 11.7 Å². The number of rotatable bonds is 7. The van der Waals surface area contributed by atoms with Crippen molar-refractivity contribution in [2.24, 2.45) is 0 Å². The number of carbonyl (C=O) groups is 2. The maximum absolute atomic E-state index is 12.2. The third kappa shape index (κ3) is 3.87. The molecule has 0 saturated heterocycles. The van der Waals surface area contributed by atoms with Crippen molar-refractivity contribution < 1.29 is 23.8 Å². The Morgan fingerprint density at radius 1 is 1.10 bits per heavy atom. The predicted molar refractivity (Wildman–Crippen MR) is 78.3 cm³/mol. The predicted octanol–water partition coefficient (Wildman–Crippen LogP) is 1.81. The molecule has 1 aromatic carbocycles. The first-order valence-corrected chi connectivity index (χ1v) is 6.62. The van der Waals surface area contributed by atoms with E-state index in [9.17, 15) is 9.59 Å². The van der Waals surface area contributed by atoms with Crippen molar-refractivity contribution in [3.8, 4) is 17.2 Å². The van der Waals surface area contributed by atoms with Crippen molar-refractivity contribution in [2.45, 2.75) is 26.3 Å². The van der Waals surface area contributed by atoms with Gasteiger partial charge < -0.3 is 19.5 Å². The van der Waals surface area contributed by atoms with Gasteiger partial charge in [0.1, 0.15) is 0 Å². The van der Waals surface area contributed by atoms with Gasteiger partial charge in [0.2, 0.25) is 5.75 Å². The van der Waals surface area contributed by atoms with E-state index in [4.69, 9.17) is 14.2 Å². The van der Waals surface area contributed by atoms with E-state index in [1.165, 1.54) is 21.3 Å². The summed E-state index contributed by atoms with van der Waals surface area (Å²) in [5, 5.41) is 2.65. The molecule has 6 nitrogen and oxygen atoms in total. The quantitative estimate of drug-likeness (QED) is 0.830. The summed E-state index contributed by atoms with van der Waals surface area (Å²) >= 11 is 0. The maximum atomic E-state index is 12.2. The second kappa shape index (κ2) is 7.52. The van der Waals surface area contributed by atoms with Gasteiger partial charge in [0.05, 0.1) is 27.4 Å². The van der Waals surface area contributed by atoms with Crippen LogP contribution < -0.4 is 19.5 Å². The summed E-state index contributed by atoms with van der Waals surface area (Å²) in [6, 6.07) is 2.54. The zero-order valence-corrected chi connectivity index (χ0v) is 13.0. The van der Waals surface area contributed by atoms with Gasteiger partial charge in [-0.15, -0.1) is 0 Å². The number of benzene rings is 1. The molecule has 0 aromatic heterocycles. The number of hydrogen-bond donors (Lipinski definition) is 1. The average molecular weight is 295 g/mol. The molecule has 6 heteroatoms. The summed E-state index contributed by atoms with van der Waals surface area (Å²) < 4.78 is 15.6. The Bertz CT molecular complexity index is 502. The normalized spacial score (nSPS) is 11.5. The van der Waals surface area contributed by atoms with Gasteiger partial charge in [-0.05, 0) is 19.1 Å². The average Bonchev–Trinajstić information content (AvgIpc) is 2.51. The largest absolute Gasteiger partial charge is 0.493 e. The fraction of sp³-hybridized carbons (Fsp3) is 0.467. The lowest BCUT2D eigenvalue weighted by molar-refractivity contribution is -0.120. The first kappa shape index (κ1) is 16.8. The molecule has 0 aliphatic heterocycles. The van der Waals surface area contributed by atoms with E-state index >= 15 is 0 Å². The molecule has 0 saturated carbocycles. The van der Waals surface area contributed by atoms with Gasteiger partial charge in [0, 0.05) is 12.0 Å². The summed E-state index contributed by atoms with van der Waals surface area (Å²) in [6.45, 7) is 3.41. The fourth-order valence-corrected chi connectivity index (χ4v) is 1.88. The highest BCUT2D eigenvalue weighted by atomic mass is 16.5. The van der Waals surface area contributed by atoms with Crippen LogP contribution in [0.5, 0.6) is 17.2 Å². The van der Waals surface area contributed by atoms with E-state index in [0.717, 1.165) is 0 Å². The molecule has 1 atom stereocenters. The second-order valence-electron chi connectivity index (χ2n) is 4.43. The van der Waals surface area contributed by atoms with Gasteiger partial charge >= 0.3 is 0 Å². The standard InChI is InChI=1S/C15H21NO5/c1-6-11(17)9(2)16-15(18)10-7-12(19-3)14(21-5)13(8-10)20-4/h7-9H,6H2,1-5H3,(H,16,18). The van der Waals surface area contributed by atoms with Crippen LogP contribution in [0.1, 0.15) is 30.6 Å². The number of amides is 1. The monoisotopic (exact) mass is 295 g/mol. The SMILES string of the molecule is CCC(=O)C(C)NC(=O)c1cc(OC)c(OC)c(OC)c1. The Kier molecular flexibility index (Phi) is 6.02. The van der Waals surface area contributed by atoms with Crippen molar-refractivity contribution in [3.05, 3.63) is 17.7 Å². The molecule has 1 amide bonds. The summed E-state index contributed by atoms with van der Waals surface area (Å²) in [5.41, 5.74) is 0.334. The molecule has 1 aromatic rings. The molecule has 0 spiro atoms. The number of methoxy groups -OCH3 is 3. The van der Waals surface area contributed by atoms with Crippen molar-refractivity contribution in [2.75, 3.05) is 21.3 Å². The lowest BCUT2D eigenvalue weighted by Crippen LogP contribution is -2.38. The Morgan fingerprint density at radius 3 is 2.00 bits per heavy atom. The van der Waals surface area contributed by atoms with Gasteiger partial charge in [-0.3, -0.25) is 9.59 Å². The second-order valence-corrected chi connectivity index (χ2v) is 4.43. The van der Waals surface area contributed by atoms with E-state index < -0.39 is 6.04 Å². The number of ether oxygens (including phenoxy) is 3. The minimum Gasteiger partial charge on any atom is -0.493 e. The third-order valence-corrected chi connectivity index (χ3v) is 3.11. The van der Waals surface area contributed by atoms with E-state index in [1.807, 2.05) is 0 Å². The first-order chi connectivity index (χ1) is 9.98. The molecule has 0 aliphatic carbocycles. The van der Waals surface area contributed by atoms with Crippen LogP contribution in [-0.2, 0) is 4.79 Å². The Labute approximate surface area is 124 Å². The number of Topliss-reactive ketones (excluding diaryl/α,β-unsaturated/α-hetero) is 1. The summed E-state index contributed by atoms with van der Waals surface area (Å²) in [6.07, 6.45) is 0.372. The maximum Gasteiger partial charge on any atom is 0.252 e. The Hall–Kier alpha value is -2.24. The number of hydrogen-bond acceptors (Lipinski definition) is 5. The van der Waals surface area contributed by atoms with Gasteiger partial charge in [-0.2, -0.15) is 0 Å². The van der Waals surface area contributed by atoms with Crippen molar-refractivity contribution in [1.82, 2.24) is 5.32 Å². The molecule has 0 heterocycles. The molecule has 1 N–H and O–H groups in total. The van der Waals surface area contributed by atoms with Gasteiger partial charge in [0.25, 0.3) is 5.91 Å². The first-order valence-electron chi connectivity index (χ1n) is 6.62. The number of nitrogens with one attached hydrogen (secondary N) is 1. The van der Waals surface area contributed by atoms with Gasteiger partial charge in [-0.25, -0.2) is 0 Å². The zero-order chi connectivity index (χ0) is 16.0. The zero-order valence-electron chi connectivity index (χ0n) is 13.0. The number of ketones is 1. The van der Waals surface area contributed by atoms with E-state index in [-0.39, 0.29) is 11.7 Å². The minimum absolute atomic E-state index is 0.0317. The van der Waals surface area contributed by atoms with Crippen LogP contribution in [-0.4, -0.2) is 39.1 Å². The lowest BCUT2D eigenvalue weighted by Gasteiger charge is -2.15. The molecule has 0 bridgehead atoms. The molecular formula is C15H21NO5. The smallest absolute Gasteiger partial charge is 0.252 e. The van der Waals surface area contributed by atoms with Crippen LogP contribution in [0, 0.1) is 0 Å². The molecule has 0 aliphatic rings. The molecule has 1 rings (SSSR count). The molecular weight excluding hydrogens is 274 g/mol. The van der Waals surface area contributed by atoms with E-state index in [0.29, 0.717) is 29.2 Å². The highest BCUT2D eigenvalue weighted by Gasteiger charge is 2.19. The summed E-state index contributed by atoms with van der Waals surface area (Å²) in [7, 11) is 4.44. The Morgan fingerprint density at radius 2 is 1.62 bits per heavy atom. The topological polar surface area (TPSA) is 73.9 Å². The van der Waals surface area contributed by atoms with Crippen LogP contribution in [0.3, 0.4) is 0 Å².